The summed E-state index contributed by atoms with van der Waals surface area (Å²) in [5.74, 6) is 0.0328. The summed E-state index contributed by atoms with van der Waals surface area (Å²) >= 11 is 1.36. The number of aliphatic hydroxyl groups is 2. The van der Waals surface area contributed by atoms with Crippen LogP contribution in [-0.4, -0.2) is 52.3 Å². The Morgan fingerprint density at radius 3 is 2.61 bits per heavy atom. The average molecular weight is 410 g/mol. The highest BCUT2D eigenvalue weighted by molar-refractivity contribution is 8.00. The molecule has 2 N–H and O–H groups in total. The van der Waals surface area contributed by atoms with Gasteiger partial charge < -0.3 is 10.2 Å². The number of aryl methyl sites for hydroxylation is 2. The molecule has 2 aromatic heterocycles. The molecule has 0 spiro atoms. The fourth-order valence-corrected chi connectivity index (χ4v) is 5.07. The largest absolute Gasteiger partial charge is 0.395 e. The molecule has 5 atom stereocenters. The standard InChI is InChI=1S/C18H27N5O4S/c1-10(13-8-21(4)20-19-13)5-12(3)23-17(26)11(2)7-22(18(23)27)16-6-14(25)15(9-24)28-16/h7-8,10,12,14-16,24-25H,5-6,9H2,1-4H3. The zero-order chi connectivity index (χ0) is 20.6. The zero-order valence-corrected chi connectivity index (χ0v) is 17.3. The average Bonchev–Trinajstić information content (AvgIpc) is 3.23. The van der Waals surface area contributed by atoms with Crippen LogP contribution in [0.5, 0.6) is 0 Å². The van der Waals surface area contributed by atoms with Gasteiger partial charge in [-0.2, -0.15) is 0 Å². The van der Waals surface area contributed by atoms with Crippen molar-refractivity contribution >= 4 is 11.8 Å². The summed E-state index contributed by atoms with van der Waals surface area (Å²) in [5.41, 5.74) is 0.594. The minimum absolute atomic E-state index is 0.0328. The predicted octanol–water partition coefficient (Wildman–Crippen LogP) is 0.559. The van der Waals surface area contributed by atoms with Gasteiger partial charge in [0.2, 0.25) is 0 Å². The molecule has 0 saturated carbocycles. The number of aromatic nitrogens is 5. The molecule has 5 unspecified atom stereocenters. The van der Waals surface area contributed by atoms with Crippen LogP contribution in [0.2, 0.25) is 0 Å². The van der Waals surface area contributed by atoms with Gasteiger partial charge in [0.05, 0.1) is 29.0 Å². The highest BCUT2D eigenvalue weighted by Gasteiger charge is 2.35. The van der Waals surface area contributed by atoms with Crippen molar-refractivity contribution in [2.75, 3.05) is 6.61 Å². The zero-order valence-electron chi connectivity index (χ0n) is 16.5. The summed E-state index contributed by atoms with van der Waals surface area (Å²) in [5, 5.41) is 26.9. The number of thioether (sulfide) groups is 1. The Bertz CT molecular complexity index is 952. The second kappa shape index (κ2) is 8.22. The van der Waals surface area contributed by atoms with E-state index in [0.717, 1.165) is 5.69 Å². The molecule has 3 heterocycles. The van der Waals surface area contributed by atoms with Crippen molar-refractivity contribution in [1.29, 1.82) is 0 Å². The highest BCUT2D eigenvalue weighted by atomic mass is 32.2. The second-order valence-electron chi connectivity index (χ2n) is 7.59. The molecule has 3 rings (SSSR count). The van der Waals surface area contributed by atoms with E-state index in [9.17, 15) is 19.8 Å². The van der Waals surface area contributed by atoms with Gasteiger partial charge in [0, 0.05) is 43.4 Å². The number of rotatable bonds is 6. The third-order valence-electron chi connectivity index (χ3n) is 5.27. The van der Waals surface area contributed by atoms with Gasteiger partial charge in [0.15, 0.2) is 0 Å². The number of hydrogen-bond acceptors (Lipinski definition) is 7. The Morgan fingerprint density at radius 2 is 2.04 bits per heavy atom. The fraction of sp³-hybridized carbons (Fsp3) is 0.667. The Hall–Kier alpha value is -1.91. The molecule has 10 heteroatoms. The van der Waals surface area contributed by atoms with Crippen molar-refractivity contribution in [3.05, 3.63) is 44.5 Å². The lowest BCUT2D eigenvalue weighted by Crippen LogP contribution is -2.43. The molecule has 0 radical (unpaired) electrons. The normalized spacial score (nSPS) is 24.4. The first-order valence-electron chi connectivity index (χ1n) is 9.37. The molecule has 0 aliphatic carbocycles. The molecular weight excluding hydrogens is 382 g/mol. The summed E-state index contributed by atoms with van der Waals surface area (Å²) in [7, 11) is 1.80. The lowest BCUT2D eigenvalue weighted by Gasteiger charge is -2.21. The van der Waals surface area contributed by atoms with Crippen LogP contribution in [0.4, 0.5) is 0 Å². The number of hydrogen-bond donors (Lipinski definition) is 2. The van der Waals surface area contributed by atoms with Gasteiger partial charge in [-0.05, 0) is 20.3 Å². The molecule has 2 aromatic rings. The van der Waals surface area contributed by atoms with E-state index in [1.807, 2.05) is 20.0 Å². The Balaban J connectivity index is 1.91. The Labute approximate surface area is 167 Å². The topological polar surface area (TPSA) is 115 Å². The molecule has 1 aliphatic rings. The molecule has 28 heavy (non-hydrogen) atoms. The van der Waals surface area contributed by atoms with E-state index in [1.54, 1.807) is 24.9 Å². The van der Waals surface area contributed by atoms with E-state index in [2.05, 4.69) is 10.3 Å². The monoisotopic (exact) mass is 409 g/mol. The second-order valence-corrected chi connectivity index (χ2v) is 9.02. The third kappa shape index (κ3) is 3.94. The van der Waals surface area contributed by atoms with Gasteiger partial charge in [0.1, 0.15) is 0 Å². The first kappa shape index (κ1) is 20.8. The lowest BCUT2D eigenvalue weighted by atomic mass is 10.00. The van der Waals surface area contributed by atoms with E-state index < -0.39 is 11.8 Å². The molecule has 0 amide bonds. The molecule has 1 fully saturated rings. The van der Waals surface area contributed by atoms with Crippen molar-refractivity contribution in [2.45, 2.75) is 62.3 Å². The summed E-state index contributed by atoms with van der Waals surface area (Å²) in [6.45, 7) is 5.39. The minimum Gasteiger partial charge on any atom is -0.395 e. The maximum Gasteiger partial charge on any atom is 0.332 e. The molecule has 154 valence electrons. The molecule has 1 saturated heterocycles. The van der Waals surface area contributed by atoms with Gasteiger partial charge in [-0.1, -0.05) is 12.1 Å². The van der Waals surface area contributed by atoms with E-state index in [1.165, 1.54) is 20.9 Å². The van der Waals surface area contributed by atoms with Gasteiger partial charge >= 0.3 is 5.69 Å². The Kier molecular flexibility index (Phi) is 6.11. The summed E-state index contributed by atoms with van der Waals surface area (Å²) in [6.07, 6.45) is 3.64. The fourth-order valence-electron chi connectivity index (χ4n) is 3.69. The molecule has 0 aromatic carbocycles. The van der Waals surface area contributed by atoms with Crippen molar-refractivity contribution in [2.24, 2.45) is 7.05 Å². The van der Waals surface area contributed by atoms with E-state index in [4.69, 9.17) is 0 Å². The van der Waals surface area contributed by atoms with E-state index in [-0.39, 0.29) is 34.7 Å². The Morgan fingerprint density at radius 1 is 1.32 bits per heavy atom. The molecule has 0 bridgehead atoms. The first-order chi connectivity index (χ1) is 13.2. The van der Waals surface area contributed by atoms with Crippen molar-refractivity contribution in [1.82, 2.24) is 24.1 Å². The van der Waals surface area contributed by atoms with Crippen LogP contribution in [-0.2, 0) is 7.05 Å². The number of aliphatic hydroxyl groups excluding tert-OH is 2. The van der Waals surface area contributed by atoms with Crippen LogP contribution in [0.3, 0.4) is 0 Å². The maximum atomic E-state index is 13.1. The van der Waals surface area contributed by atoms with Crippen LogP contribution in [0.1, 0.15) is 55.3 Å². The lowest BCUT2D eigenvalue weighted by molar-refractivity contribution is 0.137. The van der Waals surface area contributed by atoms with E-state index in [0.29, 0.717) is 18.4 Å². The van der Waals surface area contributed by atoms with Gasteiger partial charge in [-0.15, -0.1) is 16.9 Å². The van der Waals surface area contributed by atoms with Crippen LogP contribution in [0.15, 0.2) is 22.0 Å². The first-order valence-corrected chi connectivity index (χ1v) is 10.3. The maximum absolute atomic E-state index is 13.1. The van der Waals surface area contributed by atoms with Gasteiger partial charge in [-0.3, -0.25) is 18.6 Å². The van der Waals surface area contributed by atoms with E-state index >= 15 is 0 Å². The minimum atomic E-state index is -0.679. The molecular formula is C18H27N5O4S. The van der Waals surface area contributed by atoms with Crippen molar-refractivity contribution in [3.8, 4) is 0 Å². The number of nitrogens with zero attached hydrogens (tertiary/aromatic N) is 5. The molecule has 9 nitrogen and oxygen atoms in total. The SMILES string of the molecule is Cc1cn(C2CC(O)C(CO)S2)c(=O)n(C(C)CC(C)c2cn(C)nn2)c1=O. The van der Waals surface area contributed by atoms with Crippen molar-refractivity contribution < 1.29 is 10.2 Å². The quantitative estimate of drug-likeness (QED) is 0.716. The van der Waals surface area contributed by atoms with Gasteiger partial charge in [-0.25, -0.2) is 4.79 Å². The summed E-state index contributed by atoms with van der Waals surface area (Å²) < 4.78 is 4.44. The predicted molar refractivity (Wildman–Crippen MR) is 107 cm³/mol. The van der Waals surface area contributed by atoms with Crippen LogP contribution >= 0.6 is 11.8 Å². The van der Waals surface area contributed by atoms with Crippen molar-refractivity contribution in [3.63, 3.8) is 0 Å². The molecule has 1 aliphatic heterocycles. The summed E-state index contributed by atoms with van der Waals surface area (Å²) in [6, 6.07) is -0.326. The highest BCUT2D eigenvalue weighted by Crippen LogP contribution is 2.40. The van der Waals surface area contributed by atoms with Crippen LogP contribution < -0.4 is 11.2 Å². The van der Waals surface area contributed by atoms with Crippen LogP contribution in [0, 0.1) is 6.92 Å². The summed E-state index contributed by atoms with van der Waals surface area (Å²) in [4.78, 5) is 25.9. The van der Waals surface area contributed by atoms with Gasteiger partial charge in [0.25, 0.3) is 5.56 Å². The van der Waals surface area contributed by atoms with Crippen LogP contribution in [0.25, 0.3) is 0 Å². The third-order valence-corrected chi connectivity index (χ3v) is 6.82. The smallest absolute Gasteiger partial charge is 0.332 e.